The summed E-state index contributed by atoms with van der Waals surface area (Å²) in [6.45, 7) is 4.86. The van der Waals surface area contributed by atoms with Crippen molar-refractivity contribution >= 4 is 5.97 Å². The van der Waals surface area contributed by atoms with Gasteiger partial charge in [-0.05, 0) is 20.8 Å². The summed E-state index contributed by atoms with van der Waals surface area (Å²) in [4.78, 5) is 14.6. The molecule has 12 heavy (non-hydrogen) atoms. The summed E-state index contributed by atoms with van der Waals surface area (Å²) >= 11 is 0. The first kappa shape index (κ1) is 8.70. The molecule has 0 saturated heterocycles. The summed E-state index contributed by atoms with van der Waals surface area (Å²) in [5.41, 5.74) is -1.03. The summed E-state index contributed by atoms with van der Waals surface area (Å²) in [7, 11) is 0. The van der Waals surface area contributed by atoms with Gasteiger partial charge in [0, 0.05) is 0 Å². The molecule has 0 fully saturated rings. The molecule has 0 radical (unpaired) electrons. The highest BCUT2D eigenvalue weighted by atomic mass is 16.4. The molecule has 0 spiro atoms. The van der Waals surface area contributed by atoms with Crippen LogP contribution in [0.5, 0.6) is 0 Å². The zero-order valence-electron chi connectivity index (χ0n) is 7.27. The molecular formula is C7H11N3O2. The molecule has 0 aliphatic rings. The number of carbonyl (C=O) groups is 1. The van der Waals surface area contributed by atoms with Gasteiger partial charge in [0.25, 0.3) is 0 Å². The average Bonchev–Trinajstić information content (AvgIpc) is 2.35. The van der Waals surface area contributed by atoms with Gasteiger partial charge >= 0.3 is 5.97 Å². The predicted molar refractivity (Wildman–Crippen MR) is 41.7 cm³/mol. The normalized spacial score (nSPS) is 11.6. The maximum atomic E-state index is 10.7. The molecule has 0 atom stereocenters. The van der Waals surface area contributed by atoms with Crippen LogP contribution in [0.1, 0.15) is 19.7 Å². The van der Waals surface area contributed by atoms with E-state index >= 15 is 0 Å². The summed E-state index contributed by atoms with van der Waals surface area (Å²) in [5.74, 6) is -0.350. The molecule has 0 unspecified atom stereocenters. The fourth-order valence-corrected chi connectivity index (χ4v) is 0.713. The van der Waals surface area contributed by atoms with Gasteiger partial charge < -0.3 is 5.11 Å². The molecule has 66 valence electrons. The number of aliphatic carboxylic acids is 1. The van der Waals surface area contributed by atoms with Crippen LogP contribution in [0, 0.1) is 6.92 Å². The van der Waals surface area contributed by atoms with E-state index in [4.69, 9.17) is 5.11 Å². The van der Waals surface area contributed by atoms with Crippen molar-refractivity contribution in [3.63, 3.8) is 0 Å². The summed E-state index contributed by atoms with van der Waals surface area (Å²) in [6.07, 6.45) is 1.42. The smallest absolute Gasteiger partial charge is 0.331 e. The second kappa shape index (κ2) is 2.58. The number of aromatic nitrogens is 3. The van der Waals surface area contributed by atoms with E-state index in [0.717, 1.165) is 0 Å². The molecular weight excluding hydrogens is 158 g/mol. The molecule has 0 aliphatic heterocycles. The van der Waals surface area contributed by atoms with Crippen LogP contribution in [0.4, 0.5) is 0 Å². The fraction of sp³-hybridized carbons (Fsp3) is 0.571. The van der Waals surface area contributed by atoms with Crippen molar-refractivity contribution in [2.75, 3.05) is 0 Å². The van der Waals surface area contributed by atoms with E-state index in [1.165, 1.54) is 11.0 Å². The molecule has 0 aromatic carbocycles. The number of carboxylic acids is 1. The SMILES string of the molecule is Cc1ncn(C(C)(C)C(=O)O)n1. The van der Waals surface area contributed by atoms with E-state index in [9.17, 15) is 4.79 Å². The van der Waals surface area contributed by atoms with Gasteiger partial charge in [-0.3, -0.25) is 0 Å². The van der Waals surface area contributed by atoms with E-state index in [1.54, 1.807) is 20.8 Å². The Labute approximate surface area is 70.0 Å². The summed E-state index contributed by atoms with van der Waals surface area (Å²) in [5, 5.41) is 12.7. The minimum Gasteiger partial charge on any atom is -0.479 e. The minimum absolute atomic E-state index is 0.573. The molecule has 0 aliphatic carbocycles. The average molecular weight is 169 g/mol. The van der Waals surface area contributed by atoms with Crippen molar-refractivity contribution in [2.45, 2.75) is 26.3 Å². The van der Waals surface area contributed by atoms with Crippen LogP contribution in [0.2, 0.25) is 0 Å². The van der Waals surface area contributed by atoms with Crippen LogP contribution in [0.3, 0.4) is 0 Å². The highest BCUT2D eigenvalue weighted by Crippen LogP contribution is 2.12. The van der Waals surface area contributed by atoms with Crippen molar-refractivity contribution in [3.05, 3.63) is 12.2 Å². The number of carboxylic acid groups (broad SMARTS) is 1. The lowest BCUT2D eigenvalue weighted by Gasteiger charge is -2.18. The van der Waals surface area contributed by atoms with Gasteiger partial charge in [0.1, 0.15) is 12.2 Å². The molecule has 0 saturated carbocycles. The number of hydrogen-bond donors (Lipinski definition) is 1. The Balaban J connectivity index is 3.05. The number of aryl methyl sites for hydroxylation is 1. The van der Waals surface area contributed by atoms with Gasteiger partial charge in [-0.15, -0.1) is 0 Å². The Morgan fingerprint density at radius 2 is 2.25 bits per heavy atom. The molecule has 5 nitrogen and oxygen atoms in total. The van der Waals surface area contributed by atoms with Crippen LogP contribution in [0.25, 0.3) is 0 Å². The molecule has 1 heterocycles. The highest BCUT2D eigenvalue weighted by Gasteiger charge is 2.30. The van der Waals surface area contributed by atoms with Gasteiger partial charge in [0.05, 0.1) is 0 Å². The van der Waals surface area contributed by atoms with Gasteiger partial charge in [-0.2, -0.15) is 5.10 Å². The zero-order chi connectivity index (χ0) is 9.35. The topological polar surface area (TPSA) is 68.0 Å². The molecule has 1 rings (SSSR count). The van der Waals surface area contributed by atoms with E-state index in [1.807, 2.05) is 0 Å². The highest BCUT2D eigenvalue weighted by molar-refractivity contribution is 5.75. The third-order valence-corrected chi connectivity index (χ3v) is 1.70. The Kier molecular flexibility index (Phi) is 1.87. The van der Waals surface area contributed by atoms with Crippen molar-refractivity contribution in [3.8, 4) is 0 Å². The largest absolute Gasteiger partial charge is 0.479 e. The third-order valence-electron chi connectivity index (χ3n) is 1.70. The quantitative estimate of drug-likeness (QED) is 0.696. The second-order valence-electron chi connectivity index (χ2n) is 3.10. The van der Waals surface area contributed by atoms with Crippen LogP contribution in [-0.4, -0.2) is 25.8 Å². The minimum atomic E-state index is -1.03. The van der Waals surface area contributed by atoms with E-state index in [0.29, 0.717) is 5.82 Å². The van der Waals surface area contributed by atoms with Crippen LogP contribution < -0.4 is 0 Å². The van der Waals surface area contributed by atoms with Crippen molar-refractivity contribution in [2.24, 2.45) is 0 Å². The van der Waals surface area contributed by atoms with E-state index in [2.05, 4.69) is 10.1 Å². The Morgan fingerprint density at radius 3 is 2.58 bits per heavy atom. The van der Waals surface area contributed by atoms with Crippen LogP contribution in [0.15, 0.2) is 6.33 Å². The molecule has 5 heteroatoms. The maximum Gasteiger partial charge on any atom is 0.331 e. The Hall–Kier alpha value is -1.39. The maximum absolute atomic E-state index is 10.7. The van der Waals surface area contributed by atoms with E-state index in [-0.39, 0.29) is 0 Å². The summed E-state index contributed by atoms with van der Waals surface area (Å²) in [6, 6.07) is 0. The lowest BCUT2D eigenvalue weighted by molar-refractivity contribution is -0.146. The van der Waals surface area contributed by atoms with Gasteiger partial charge in [-0.25, -0.2) is 14.5 Å². The van der Waals surface area contributed by atoms with Gasteiger partial charge in [0.2, 0.25) is 0 Å². The zero-order valence-corrected chi connectivity index (χ0v) is 7.27. The summed E-state index contributed by atoms with van der Waals surface area (Å²) < 4.78 is 1.34. The molecule has 0 bridgehead atoms. The lowest BCUT2D eigenvalue weighted by Crippen LogP contribution is -2.36. The van der Waals surface area contributed by atoms with Crippen molar-refractivity contribution < 1.29 is 9.90 Å². The van der Waals surface area contributed by atoms with Crippen molar-refractivity contribution in [1.29, 1.82) is 0 Å². The second-order valence-corrected chi connectivity index (χ2v) is 3.10. The third kappa shape index (κ3) is 1.30. The standard InChI is InChI=1S/C7H11N3O2/c1-5-8-4-10(9-5)7(2,3)6(11)12/h4H,1-3H3,(H,11,12). The van der Waals surface area contributed by atoms with Crippen LogP contribution >= 0.6 is 0 Å². The molecule has 1 aromatic heterocycles. The van der Waals surface area contributed by atoms with Gasteiger partial charge in [0.15, 0.2) is 5.54 Å². The molecule has 1 N–H and O–H groups in total. The monoisotopic (exact) mass is 169 g/mol. The fourth-order valence-electron chi connectivity index (χ4n) is 0.713. The Bertz CT molecular complexity index is 303. The van der Waals surface area contributed by atoms with Crippen molar-refractivity contribution in [1.82, 2.24) is 14.8 Å². The predicted octanol–water partition coefficient (Wildman–Crippen LogP) is 0.406. The number of hydrogen-bond acceptors (Lipinski definition) is 3. The Morgan fingerprint density at radius 1 is 1.67 bits per heavy atom. The molecule has 0 amide bonds. The molecule has 1 aromatic rings. The number of nitrogens with zero attached hydrogens (tertiary/aromatic N) is 3. The first-order valence-corrected chi connectivity index (χ1v) is 3.56. The van der Waals surface area contributed by atoms with Crippen LogP contribution in [-0.2, 0) is 10.3 Å². The first-order chi connectivity index (χ1) is 5.44. The van der Waals surface area contributed by atoms with Gasteiger partial charge in [-0.1, -0.05) is 0 Å². The lowest BCUT2D eigenvalue weighted by atomic mass is 10.1. The number of rotatable bonds is 2. The van der Waals surface area contributed by atoms with E-state index < -0.39 is 11.5 Å². The first-order valence-electron chi connectivity index (χ1n) is 3.56.